The van der Waals surface area contributed by atoms with Crippen LogP contribution in [0.25, 0.3) is 0 Å². The molecule has 9 nitrogen and oxygen atoms in total. The molecule has 1 saturated carbocycles. The van der Waals surface area contributed by atoms with E-state index in [1.54, 1.807) is 13.8 Å². The largest absolute Gasteiger partial charge is 0.464 e. The van der Waals surface area contributed by atoms with Crippen molar-refractivity contribution in [3.63, 3.8) is 0 Å². The van der Waals surface area contributed by atoms with E-state index in [2.05, 4.69) is 4.99 Å². The molecule has 3 aliphatic rings. The van der Waals surface area contributed by atoms with Gasteiger partial charge < -0.3 is 18.9 Å². The first-order valence-corrected chi connectivity index (χ1v) is 11.0. The van der Waals surface area contributed by atoms with E-state index in [9.17, 15) is 19.2 Å². The van der Waals surface area contributed by atoms with Gasteiger partial charge in [-0.1, -0.05) is 19.3 Å². The average molecular weight is 447 g/mol. The number of esters is 3. The third-order valence-electron chi connectivity index (χ3n) is 5.78. The lowest BCUT2D eigenvalue weighted by Gasteiger charge is -2.33. The van der Waals surface area contributed by atoms with Crippen molar-refractivity contribution in [3.05, 3.63) is 23.0 Å². The molecule has 0 aromatic heterocycles. The summed E-state index contributed by atoms with van der Waals surface area (Å²) in [6, 6.07) is -0.106. The third kappa shape index (κ3) is 4.47. The van der Waals surface area contributed by atoms with Crippen molar-refractivity contribution in [1.29, 1.82) is 0 Å². The Balaban J connectivity index is 2.18. The van der Waals surface area contributed by atoms with Crippen LogP contribution in [0.5, 0.6) is 0 Å². The molecule has 0 aromatic rings. The highest BCUT2D eigenvalue weighted by molar-refractivity contribution is 6.25. The highest BCUT2D eigenvalue weighted by Crippen LogP contribution is 2.43. The molecular formula is C23H29NO8. The Hall–Kier alpha value is -2.97. The van der Waals surface area contributed by atoms with Crippen molar-refractivity contribution in [2.75, 3.05) is 13.2 Å². The molecule has 32 heavy (non-hydrogen) atoms. The number of cyclic esters (lactones) is 1. The maximum Gasteiger partial charge on any atom is 0.344 e. The van der Waals surface area contributed by atoms with Crippen molar-refractivity contribution in [1.82, 2.24) is 0 Å². The standard InChI is InChI=1S/C23H29NO8/c1-5-29-20(26)16-18(21(27)30-6-2)23(4,17-15(25)12-13(3)31-22(17)28)32-19(16)24-14-10-8-7-9-11-14/h12,14,17H,5-11H2,1-4H3. The van der Waals surface area contributed by atoms with Crippen molar-refractivity contribution in [3.8, 4) is 0 Å². The summed E-state index contributed by atoms with van der Waals surface area (Å²) in [6.07, 6.45) is 5.85. The third-order valence-corrected chi connectivity index (χ3v) is 5.78. The summed E-state index contributed by atoms with van der Waals surface area (Å²) in [5.74, 6) is -4.63. The summed E-state index contributed by atoms with van der Waals surface area (Å²) in [5, 5.41) is 0. The number of hydrogen-bond acceptors (Lipinski definition) is 9. The lowest BCUT2D eigenvalue weighted by molar-refractivity contribution is -0.157. The van der Waals surface area contributed by atoms with E-state index in [1.807, 2.05) is 0 Å². The predicted octanol–water partition coefficient (Wildman–Crippen LogP) is 2.58. The minimum absolute atomic E-state index is 0.0195. The Morgan fingerprint density at radius 3 is 2.31 bits per heavy atom. The first-order chi connectivity index (χ1) is 15.2. The molecule has 0 N–H and O–H groups in total. The number of rotatable bonds is 6. The van der Waals surface area contributed by atoms with Crippen LogP contribution in [0.1, 0.15) is 59.8 Å². The second-order valence-electron chi connectivity index (χ2n) is 8.14. The van der Waals surface area contributed by atoms with E-state index in [0.29, 0.717) is 0 Å². The topological polar surface area (TPSA) is 118 Å². The number of allylic oxidation sites excluding steroid dienone is 2. The van der Waals surface area contributed by atoms with Gasteiger partial charge in [0.05, 0.1) is 19.3 Å². The van der Waals surface area contributed by atoms with Gasteiger partial charge in [-0.2, -0.15) is 0 Å². The van der Waals surface area contributed by atoms with E-state index in [4.69, 9.17) is 18.9 Å². The van der Waals surface area contributed by atoms with E-state index in [-0.39, 0.29) is 42.1 Å². The number of ketones is 1. The molecule has 9 heteroatoms. The molecule has 3 rings (SSSR count). The van der Waals surface area contributed by atoms with Crippen LogP contribution in [-0.4, -0.2) is 54.4 Å². The number of nitrogens with zero attached hydrogens (tertiary/aromatic N) is 1. The van der Waals surface area contributed by atoms with Gasteiger partial charge in [0.25, 0.3) is 0 Å². The summed E-state index contributed by atoms with van der Waals surface area (Å²) < 4.78 is 21.6. The Labute approximate surface area is 186 Å². The number of ether oxygens (including phenoxy) is 4. The highest BCUT2D eigenvalue weighted by Gasteiger charge is 2.60. The van der Waals surface area contributed by atoms with E-state index >= 15 is 0 Å². The van der Waals surface area contributed by atoms with Gasteiger partial charge >= 0.3 is 17.9 Å². The smallest absolute Gasteiger partial charge is 0.344 e. The molecule has 1 aliphatic carbocycles. The van der Waals surface area contributed by atoms with Crippen molar-refractivity contribution in [2.45, 2.75) is 71.4 Å². The first-order valence-electron chi connectivity index (χ1n) is 11.0. The Kier molecular flexibility index (Phi) is 7.16. The van der Waals surface area contributed by atoms with Crippen molar-refractivity contribution in [2.24, 2.45) is 10.9 Å². The van der Waals surface area contributed by atoms with Crippen LogP contribution < -0.4 is 0 Å². The molecule has 0 bridgehead atoms. The van der Waals surface area contributed by atoms with Gasteiger partial charge in [-0.3, -0.25) is 9.59 Å². The number of hydrogen-bond donors (Lipinski definition) is 0. The predicted molar refractivity (Wildman–Crippen MR) is 112 cm³/mol. The summed E-state index contributed by atoms with van der Waals surface area (Å²) in [4.78, 5) is 56.2. The Bertz CT molecular complexity index is 909. The Morgan fingerprint density at radius 1 is 1.09 bits per heavy atom. The second kappa shape index (κ2) is 9.67. The van der Waals surface area contributed by atoms with E-state index < -0.39 is 35.2 Å². The zero-order valence-corrected chi connectivity index (χ0v) is 18.9. The normalized spacial score (nSPS) is 27.7. The quantitative estimate of drug-likeness (QED) is 0.346. The van der Waals surface area contributed by atoms with E-state index in [1.165, 1.54) is 19.9 Å². The molecule has 2 heterocycles. The molecule has 0 saturated heterocycles. The molecule has 0 amide bonds. The molecule has 0 spiro atoms. The molecule has 1 fully saturated rings. The van der Waals surface area contributed by atoms with Crippen LogP contribution in [0.15, 0.2) is 28.0 Å². The van der Waals surface area contributed by atoms with E-state index in [0.717, 1.165) is 32.1 Å². The Morgan fingerprint density at radius 2 is 1.72 bits per heavy atom. The summed E-state index contributed by atoms with van der Waals surface area (Å²) in [7, 11) is 0. The van der Waals surface area contributed by atoms with Gasteiger partial charge in [-0.25, -0.2) is 14.6 Å². The van der Waals surface area contributed by atoms with Gasteiger partial charge in [-0.15, -0.1) is 0 Å². The first kappa shape index (κ1) is 23.7. The molecule has 0 radical (unpaired) electrons. The summed E-state index contributed by atoms with van der Waals surface area (Å²) in [5.41, 5.74) is -2.30. The van der Waals surface area contributed by atoms with Crippen molar-refractivity contribution >= 4 is 29.6 Å². The monoisotopic (exact) mass is 447 g/mol. The average Bonchev–Trinajstić information content (AvgIpc) is 3.00. The lowest BCUT2D eigenvalue weighted by Crippen LogP contribution is -2.50. The molecule has 2 atom stereocenters. The minimum atomic E-state index is -1.84. The second-order valence-corrected chi connectivity index (χ2v) is 8.14. The fourth-order valence-corrected chi connectivity index (χ4v) is 4.37. The molecule has 174 valence electrons. The summed E-state index contributed by atoms with van der Waals surface area (Å²) >= 11 is 0. The number of carbonyl (C=O) groups excluding carboxylic acids is 4. The van der Waals surface area contributed by atoms with Gasteiger partial charge in [0.2, 0.25) is 5.90 Å². The minimum Gasteiger partial charge on any atom is -0.464 e. The molecule has 0 aromatic carbocycles. The van der Waals surface area contributed by atoms with Crippen LogP contribution >= 0.6 is 0 Å². The molecular weight excluding hydrogens is 418 g/mol. The highest BCUT2D eigenvalue weighted by atomic mass is 16.6. The fraction of sp³-hybridized carbons (Fsp3) is 0.609. The SMILES string of the molecule is CCOC(=O)C1=C(C(=O)OCC)C(C)(C2C(=O)C=C(C)OC2=O)OC1=NC1CCCCC1. The van der Waals surface area contributed by atoms with Crippen LogP contribution in [0.3, 0.4) is 0 Å². The zero-order valence-electron chi connectivity index (χ0n) is 18.9. The van der Waals surface area contributed by atoms with Crippen LogP contribution in [0.4, 0.5) is 0 Å². The fourth-order valence-electron chi connectivity index (χ4n) is 4.37. The maximum atomic E-state index is 13.0. The number of aliphatic imine (C=N–C) groups is 1. The zero-order chi connectivity index (χ0) is 23.5. The van der Waals surface area contributed by atoms with Crippen LogP contribution in [-0.2, 0) is 38.1 Å². The van der Waals surface area contributed by atoms with Crippen molar-refractivity contribution < 1.29 is 38.1 Å². The molecule has 2 aliphatic heterocycles. The van der Waals surface area contributed by atoms with Gasteiger partial charge in [0, 0.05) is 6.08 Å². The van der Waals surface area contributed by atoms with Gasteiger partial charge in [0.15, 0.2) is 17.3 Å². The number of carbonyl (C=O) groups is 4. The maximum absolute atomic E-state index is 13.0. The van der Waals surface area contributed by atoms with Gasteiger partial charge in [0.1, 0.15) is 16.9 Å². The molecule has 2 unspecified atom stereocenters. The summed E-state index contributed by atoms with van der Waals surface area (Å²) in [6.45, 7) is 6.19. The van der Waals surface area contributed by atoms with Gasteiger partial charge in [-0.05, 0) is 40.5 Å². The van der Waals surface area contributed by atoms with Crippen LogP contribution in [0, 0.1) is 5.92 Å². The van der Waals surface area contributed by atoms with Crippen LogP contribution in [0.2, 0.25) is 0 Å². The lowest BCUT2D eigenvalue weighted by atomic mass is 9.78.